The average Bonchev–Trinajstić information content (AvgIpc) is 2.65. The van der Waals surface area contributed by atoms with Gasteiger partial charge in [-0.3, -0.25) is 14.4 Å². The molecule has 0 aromatic rings. The van der Waals surface area contributed by atoms with Crippen molar-refractivity contribution in [1.29, 1.82) is 0 Å². The quantitative estimate of drug-likeness (QED) is 0.253. The Kier molecular flexibility index (Phi) is 12.5. The van der Waals surface area contributed by atoms with Gasteiger partial charge >= 0.3 is 17.9 Å². The van der Waals surface area contributed by atoms with Crippen molar-refractivity contribution in [3.63, 3.8) is 0 Å². The second kappa shape index (κ2) is 13.1. The first-order chi connectivity index (χ1) is 13.3. The summed E-state index contributed by atoms with van der Waals surface area (Å²) in [6, 6.07) is 0. The van der Waals surface area contributed by atoms with Crippen molar-refractivity contribution in [2.24, 2.45) is 16.7 Å². The maximum Gasteiger partial charge on any atom is 0.312 e. The fourth-order valence-corrected chi connectivity index (χ4v) is 2.88. The van der Waals surface area contributed by atoms with E-state index in [0.717, 1.165) is 0 Å². The summed E-state index contributed by atoms with van der Waals surface area (Å²) in [7, 11) is 0. The Morgan fingerprint density at radius 1 is 0.897 bits per heavy atom. The topological polar surface area (TPSA) is 99.1 Å². The maximum atomic E-state index is 12.1. The Bertz CT molecular complexity index is 529. The van der Waals surface area contributed by atoms with E-state index >= 15 is 0 Å². The van der Waals surface area contributed by atoms with Gasteiger partial charge in [-0.1, -0.05) is 20.8 Å². The molecule has 0 rings (SSSR count). The average molecular weight is 435 g/mol. The standard InChI is InChI=1S/C21H38O7S/c1-8-20(4,5)18(24)28-13-16(22)12-26-17(23)9-10-29-14-21(6,7)19(25)27-11-15(2)3/h15-16,22H,8-14H2,1-7H3. The smallest absolute Gasteiger partial charge is 0.312 e. The number of hydrogen-bond acceptors (Lipinski definition) is 8. The number of carbonyl (C=O) groups is 3. The van der Waals surface area contributed by atoms with Gasteiger partial charge in [0.25, 0.3) is 0 Å². The van der Waals surface area contributed by atoms with Crippen LogP contribution in [-0.4, -0.2) is 60.4 Å². The van der Waals surface area contributed by atoms with Gasteiger partial charge in [0.1, 0.15) is 19.3 Å². The summed E-state index contributed by atoms with van der Waals surface area (Å²) in [6.45, 7) is 13.0. The lowest BCUT2D eigenvalue weighted by atomic mass is 9.91. The fraction of sp³-hybridized carbons (Fsp3) is 0.857. The van der Waals surface area contributed by atoms with E-state index in [1.54, 1.807) is 13.8 Å². The zero-order chi connectivity index (χ0) is 22.7. The number of aliphatic hydroxyl groups excluding tert-OH is 1. The first-order valence-electron chi connectivity index (χ1n) is 10.1. The molecule has 7 nitrogen and oxygen atoms in total. The van der Waals surface area contributed by atoms with Crippen LogP contribution < -0.4 is 0 Å². The van der Waals surface area contributed by atoms with E-state index in [1.807, 2.05) is 34.6 Å². The third kappa shape index (κ3) is 12.1. The zero-order valence-electron chi connectivity index (χ0n) is 18.9. The molecule has 0 amide bonds. The molecule has 0 fully saturated rings. The molecule has 1 N–H and O–H groups in total. The second-order valence-electron chi connectivity index (χ2n) is 8.85. The summed E-state index contributed by atoms with van der Waals surface area (Å²) in [5.74, 6) is 0.228. The monoisotopic (exact) mass is 434 g/mol. The van der Waals surface area contributed by atoms with Crippen LogP contribution in [-0.2, 0) is 28.6 Å². The molecular weight excluding hydrogens is 396 g/mol. The molecule has 0 aromatic heterocycles. The molecule has 0 bridgehead atoms. The van der Waals surface area contributed by atoms with Crippen LogP contribution in [0.2, 0.25) is 0 Å². The van der Waals surface area contributed by atoms with Crippen LogP contribution in [0.5, 0.6) is 0 Å². The molecule has 0 radical (unpaired) electrons. The van der Waals surface area contributed by atoms with Crippen LogP contribution >= 0.6 is 11.8 Å². The van der Waals surface area contributed by atoms with Gasteiger partial charge in [0.2, 0.25) is 0 Å². The van der Waals surface area contributed by atoms with Gasteiger partial charge in [-0.25, -0.2) is 0 Å². The molecule has 0 aliphatic carbocycles. The van der Waals surface area contributed by atoms with Gasteiger partial charge in [-0.15, -0.1) is 0 Å². The summed E-state index contributed by atoms with van der Waals surface area (Å²) < 4.78 is 15.3. The highest BCUT2D eigenvalue weighted by Gasteiger charge is 2.30. The van der Waals surface area contributed by atoms with E-state index in [-0.39, 0.29) is 31.5 Å². The minimum absolute atomic E-state index is 0.164. The Hall–Kier alpha value is -1.28. The Morgan fingerprint density at radius 2 is 1.41 bits per heavy atom. The first kappa shape index (κ1) is 27.7. The van der Waals surface area contributed by atoms with Crippen LogP contribution in [0.3, 0.4) is 0 Å². The third-order valence-corrected chi connectivity index (χ3v) is 5.71. The predicted octanol–water partition coefficient (Wildman–Crippen LogP) is 3.22. The molecule has 0 heterocycles. The molecule has 170 valence electrons. The maximum absolute atomic E-state index is 12.1. The molecule has 1 unspecified atom stereocenters. The number of rotatable bonds is 14. The molecular formula is C21H38O7S. The molecule has 0 aliphatic heterocycles. The van der Waals surface area contributed by atoms with Crippen LogP contribution in [0, 0.1) is 16.7 Å². The summed E-state index contributed by atoms with van der Waals surface area (Å²) >= 11 is 1.47. The van der Waals surface area contributed by atoms with Crippen LogP contribution in [0.4, 0.5) is 0 Å². The lowest BCUT2D eigenvalue weighted by Gasteiger charge is -2.22. The van der Waals surface area contributed by atoms with E-state index in [0.29, 0.717) is 24.5 Å². The van der Waals surface area contributed by atoms with Crippen molar-refractivity contribution in [3.8, 4) is 0 Å². The van der Waals surface area contributed by atoms with Crippen molar-refractivity contribution < 1.29 is 33.7 Å². The molecule has 0 aromatic carbocycles. The highest BCUT2D eigenvalue weighted by atomic mass is 32.2. The molecule has 0 aliphatic rings. The van der Waals surface area contributed by atoms with Gasteiger partial charge in [0.05, 0.1) is 23.9 Å². The summed E-state index contributed by atoms with van der Waals surface area (Å²) in [5, 5.41) is 9.80. The number of esters is 3. The third-order valence-electron chi connectivity index (χ3n) is 4.29. The predicted molar refractivity (Wildman–Crippen MR) is 114 cm³/mol. The number of hydrogen-bond donors (Lipinski definition) is 1. The lowest BCUT2D eigenvalue weighted by molar-refractivity contribution is -0.159. The number of aliphatic hydroxyl groups is 1. The molecule has 0 saturated heterocycles. The van der Waals surface area contributed by atoms with Gasteiger partial charge in [-0.2, -0.15) is 11.8 Å². The summed E-state index contributed by atoms with van der Waals surface area (Å²) in [6.07, 6.45) is -0.268. The van der Waals surface area contributed by atoms with Crippen LogP contribution in [0.1, 0.15) is 61.3 Å². The van der Waals surface area contributed by atoms with Crippen molar-refractivity contribution in [2.75, 3.05) is 31.3 Å². The Morgan fingerprint density at radius 3 is 1.97 bits per heavy atom. The lowest BCUT2D eigenvalue weighted by Crippen LogP contribution is -2.31. The zero-order valence-corrected chi connectivity index (χ0v) is 19.7. The number of ether oxygens (including phenoxy) is 3. The van der Waals surface area contributed by atoms with Crippen molar-refractivity contribution >= 4 is 29.7 Å². The Balaban J connectivity index is 4.02. The van der Waals surface area contributed by atoms with Crippen molar-refractivity contribution in [1.82, 2.24) is 0 Å². The Labute approximate surface area is 179 Å². The number of carbonyl (C=O) groups excluding carboxylic acids is 3. The molecule has 0 spiro atoms. The van der Waals surface area contributed by atoms with Crippen molar-refractivity contribution in [2.45, 2.75) is 67.4 Å². The fourth-order valence-electron chi connectivity index (χ4n) is 1.80. The molecule has 29 heavy (non-hydrogen) atoms. The van der Waals surface area contributed by atoms with E-state index < -0.39 is 28.9 Å². The van der Waals surface area contributed by atoms with E-state index in [2.05, 4.69) is 0 Å². The second-order valence-corrected chi connectivity index (χ2v) is 9.96. The molecule has 8 heteroatoms. The minimum atomic E-state index is -1.06. The largest absolute Gasteiger partial charge is 0.465 e. The summed E-state index contributed by atoms with van der Waals surface area (Å²) in [4.78, 5) is 35.7. The highest BCUT2D eigenvalue weighted by Crippen LogP contribution is 2.24. The van der Waals surface area contributed by atoms with Crippen LogP contribution in [0.25, 0.3) is 0 Å². The van der Waals surface area contributed by atoms with E-state index in [9.17, 15) is 19.5 Å². The highest BCUT2D eigenvalue weighted by molar-refractivity contribution is 7.99. The minimum Gasteiger partial charge on any atom is -0.465 e. The normalized spacial score (nSPS) is 13.1. The van der Waals surface area contributed by atoms with Crippen LogP contribution in [0.15, 0.2) is 0 Å². The van der Waals surface area contributed by atoms with Gasteiger partial charge in [-0.05, 0) is 40.0 Å². The van der Waals surface area contributed by atoms with Gasteiger partial charge in [0.15, 0.2) is 0 Å². The first-order valence-corrected chi connectivity index (χ1v) is 11.2. The van der Waals surface area contributed by atoms with Crippen molar-refractivity contribution in [3.05, 3.63) is 0 Å². The SMILES string of the molecule is CCC(C)(C)C(=O)OCC(O)COC(=O)CCSCC(C)(C)C(=O)OCC(C)C. The molecule has 0 saturated carbocycles. The molecule has 1 atom stereocenters. The van der Waals surface area contributed by atoms with E-state index in [4.69, 9.17) is 14.2 Å². The summed E-state index contributed by atoms with van der Waals surface area (Å²) in [5.41, 5.74) is -1.24. The van der Waals surface area contributed by atoms with E-state index in [1.165, 1.54) is 11.8 Å². The van der Waals surface area contributed by atoms with Gasteiger partial charge in [0, 0.05) is 11.5 Å². The van der Waals surface area contributed by atoms with Gasteiger partial charge < -0.3 is 19.3 Å². The number of thioether (sulfide) groups is 1.